The van der Waals surface area contributed by atoms with Crippen LogP contribution in [-0.2, 0) is 30.7 Å². The number of nitrogens with zero attached hydrogens (tertiary/aromatic N) is 1. The average Bonchev–Trinajstić information content (AvgIpc) is 3.18. The lowest BCUT2D eigenvalue weighted by Gasteiger charge is -2.25. The summed E-state index contributed by atoms with van der Waals surface area (Å²) >= 11 is 7.25. The van der Waals surface area contributed by atoms with E-state index in [-0.39, 0.29) is 29.9 Å². The van der Waals surface area contributed by atoms with Crippen LogP contribution in [0.4, 0.5) is 8.78 Å². The number of carbonyl (C=O) groups is 1. The molecule has 4 aromatic rings. The van der Waals surface area contributed by atoms with Crippen molar-refractivity contribution in [3.8, 4) is 0 Å². The molecule has 1 amide bonds. The lowest BCUT2D eigenvalue weighted by Crippen LogP contribution is -2.49. The molecule has 0 aliphatic heterocycles. The second kappa shape index (κ2) is 12.6. The van der Waals surface area contributed by atoms with Crippen LogP contribution >= 0.6 is 22.9 Å². The normalized spacial score (nSPS) is 13.0. The number of aromatic nitrogens is 1. The Labute approximate surface area is 227 Å². The van der Waals surface area contributed by atoms with Gasteiger partial charge in [-0.05, 0) is 53.8 Å². The molecule has 38 heavy (non-hydrogen) atoms. The highest BCUT2D eigenvalue weighted by Crippen LogP contribution is 2.25. The van der Waals surface area contributed by atoms with Gasteiger partial charge in [0.2, 0.25) is 5.91 Å². The molecular formula is C28H28ClF2N3O3S. The van der Waals surface area contributed by atoms with E-state index in [1.807, 2.05) is 18.2 Å². The molecule has 0 bridgehead atoms. The first kappa shape index (κ1) is 27.9. The van der Waals surface area contributed by atoms with Crippen LogP contribution in [0.25, 0.3) is 10.2 Å². The second-order valence-corrected chi connectivity index (χ2v) is 10.5. The van der Waals surface area contributed by atoms with Crippen LogP contribution in [0.3, 0.4) is 0 Å². The van der Waals surface area contributed by atoms with Crippen molar-refractivity contribution in [3.63, 3.8) is 0 Å². The Kier molecular flexibility index (Phi) is 9.27. The molecule has 0 unspecified atom stereocenters. The fourth-order valence-corrected chi connectivity index (χ4v) is 5.60. The summed E-state index contributed by atoms with van der Waals surface area (Å²) in [6, 6.07) is 15.4. The number of amides is 1. The molecule has 0 aliphatic carbocycles. The molecule has 0 spiro atoms. The van der Waals surface area contributed by atoms with Crippen molar-refractivity contribution in [2.75, 3.05) is 6.54 Å². The summed E-state index contributed by atoms with van der Waals surface area (Å²) in [5.41, 5.74) is 2.98. The molecule has 10 heteroatoms. The van der Waals surface area contributed by atoms with Crippen LogP contribution < -0.4 is 15.5 Å². The number of benzene rings is 3. The minimum Gasteiger partial charge on any atom is -0.390 e. The van der Waals surface area contributed by atoms with E-state index in [4.69, 9.17) is 11.6 Å². The maximum absolute atomic E-state index is 13.8. The highest BCUT2D eigenvalue weighted by molar-refractivity contribution is 7.16. The zero-order valence-electron chi connectivity index (χ0n) is 20.7. The Bertz CT molecular complexity index is 1470. The van der Waals surface area contributed by atoms with E-state index in [0.29, 0.717) is 21.8 Å². The quantitative estimate of drug-likeness (QED) is 0.254. The van der Waals surface area contributed by atoms with E-state index in [2.05, 4.69) is 23.6 Å². The maximum atomic E-state index is 13.8. The smallest absolute Gasteiger partial charge is 0.308 e. The molecule has 0 aliphatic rings. The molecule has 200 valence electrons. The van der Waals surface area contributed by atoms with E-state index < -0.39 is 29.7 Å². The number of hydrogen-bond acceptors (Lipinski definition) is 5. The van der Waals surface area contributed by atoms with Crippen molar-refractivity contribution in [1.82, 2.24) is 15.2 Å². The van der Waals surface area contributed by atoms with Crippen LogP contribution in [0.2, 0.25) is 5.02 Å². The second-order valence-electron chi connectivity index (χ2n) is 9.07. The lowest BCUT2D eigenvalue weighted by molar-refractivity contribution is -0.123. The van der Waals surface area contributed by atoms with Gasteiger partial charge in [0.25, 0.3) is 0 Å². The van der Waals surface area contributed by atoms with Crippen LogP contribution in [-0.4, -0.2) is 34.3 Å². The Hall–Kier alpha value is -3.11. The van der Waals surface area contributed by atoms with Crippen molar-refractivity contribution < 1.29 is 18.7 Å². The SMILES string of the molecule is CCc1cccc(CNC[C@@H](O)[C@H](Cc2cc(F)cc(F)c2)NC(=O)Cn2c(=O)sc3cccc(Cl)c32)c1. The Balaban J connectivity index is 1.49. The summed E-state index contributed by atoms with van der Waals surface area (Å²) in [5, 5.41) is 17.3. The Morgan fingerprint density at radius 3 is 2.50 bits per heavy atom. The van der Waals surface area contributed by atoms with E-state index in [1.165, 1.54) is 10.1 Å². The van der Waals surface area contributed by atoms with Gasteiger partial charge in [-0.15, -0.1) is 0 Å². The highest BCUT2D eigenvalue weighted by Gasteiger charge is 2.23. The van der Waals surface area contributed by atoms with Gasteiger partial charge >= 0.3 is 4.87 Å². The van der Waals surface area contributed by atoms with Crippen LogP contribution in [0, 0.1) is 11.6 Å². The third-order valence-electron chi connectivity index (χ3n) is 6.21. The van der Waals surface area contributed by atoms with Crippen molar-refractivity contribution >= 4 is 39.1 Å². The molecule has 0 fully saturated rings. The summed E-state index contributed by atoms with van der Waals surface area (Å²) in [6.45, 7) is 2.36. The third-order valence-corrected chi connectivity index (χ3v) is 7.46. The number of para-hydroxylation sites is 1. The van der Waals surface area contributed by atoms with Gasteiger partial charge in [-0.1, -0.05) is 60.2 Å². The fourth-order valence-electron chi connectivity index (χ4n) is 4.35. The number of nitrogens with one attached hydrogen (secondary N) is 2. The topological polar surface area (TPSA) is 83.4 Å². The molecule has 0 radical (unpaired) electrons. The number of hydrogen-bond donors (Lipinski definition) is 3. The van der Waals surface area contributed by atoms with E-state index in [1.54, 1.807) is 18.2 Å². The minimum atomic E-state index is -1.08. The number of aryl methyl sites for hydroxylation is 1. The molecule has 3 N–H and O–H groups in total. The molecule has 3 aromatic carbocycles. The first-order valence-corrected chi connectivity index (χ1v) is 13.4. The molecule has 4 rings (SSSR count). The fraction of sp³-hybridized carbons (Fsp3) is 0.286. The molecule has 1 aromatic heterocycles. The summed E-state index contributed by atoms with van der Waals surface area (Å²) in [5.74, 6) is -2.04. The molecular weight excluding hydrogens is 532 g/mol. The number of aliphatic hydroxyl groups is 1. The number of thiazole rings is 1. The van der Waals surface area contributed by atoms with Crippen molar-refractivity contribution in [2.24, 2.45) is 0 Å². The van der Waals surface area contributed by atoms with Crippen molar-refractivity contribution in [1.29, 1.82) is 0 Å². The number of carbonyl (C=O) groups excluding carboxylic acids is 1. The number of rotatable bonds is 11. The van der Waals surface area contributed by atoms with E-state index in [9.17, 15) is 23.5 Å². The van der Waals surface area contributed by atoms with Gasteiger partial charge in [0, 0.05) is 19.2 Å². The lowest BCUT2D eigenvalue weighted by atomic mass is 10.0. The molecule has 1 heterocycles. The summed E-state index contributed by atoms with van der Waals surface area (Å²) < 4.78 is 29.6. The summed E-state index contributed by atoms with van der Waals surface area (Å²) in [4.78, 5) is 25.2. The molecule has 2 atom stereocenters. The monoisotopic (exact) mass is 559 g/mol. The Morgan fingerprint density at radius 1 is 1.05 bits per heavy atom. The van der Waals surface area contributed by atoms with Crippen molar-refractivity contribution in [3.05, 3.63) is 104 Å². The van der Waals surface area contributed by atoms with Crippen LogP contribution in [0.1, 0.15) is 23.6 Å². The number of fused-ring (bicyclic) bond motifs is 1. The number of aliphatic hydroxyl groups excluding tert-OH is 1. The highest BCUT2D eigenvalue weighted by atomic mass is 35.5. The van der Waals surface area contributed by atoms with Gasteiger partial charge in [-0.3, -0.25) is 14.2 Å². The maximum Gasteiger partial charge on any atom is 0.308 e. The standard InChI is InChI=1S/C28H28ClF2N3O3S/c1-2-17-5-3-6-18(9-17)14-32-15-24(35)23(12-19-10-20(30)13-21(31)11-19)33-26(36)16-34-27-22(29)7-4-8-25(27)38-28(34)37/h3-11,13,23-24,32,35H,2,12,14-16H2,1H3,(H,33,36)/t23-,24+/m0/s1. The van der Waals surface area contributed by atoms with Gasteiger partial charge < -0.3 is 15.7 Å². The average molecular weight is 560 g/mol. The van der Waals surface area contributed by atoms with Crippen molar-refractivity contribution in [2.45, 2.75) is 45.0 Å². The zero-order chi connectivity index (χ0) is 27.2. The molecule has 0 saturated carbocycles. The van der Waals surface area contributed by atoms with Crippen LogP contribution in [0.15, 0.2) is 65.5 Å². The summed E-state index contributed by atoms with van der Waals surface area (Å²) in [7, 11) is 0. The zero-order valence-corrected chi connectivity index (χ0v) is 22.3. The van der Waals surface area contributed by atoms with Gasteiger partial charge in [-0.2, -0.15) is 0 Å². The van der Waals surface area contributed by atoms with Gasteiger partial charge in [0.1, 0.15) is 18.2 Å². The van der Waals surface area contributed by atoms with E-state index >= 15 is 0 Å². The first-order chi connectivity index (χ1) is 18.2. The van der Waals surface area contributed by atoms with Gasteiger partial charge in [0.15, 0.2) is 0 Å². The minimum absolute atomic E-state index is 0.0192. The largest absolute Gasteiger partial charge is 0.390 e. The van der Waals surface area contributed by atoms with Gasteiger partial charge in [0.05, 0.1) is 27.4 Å². The summed E-state index contributed by atoms with van der Waals surface area (Å²) in [6.07, 6.45) is -0.198. The number of halogens is 3. The molecule has 0 saturated heterocycles. The predicted octanol–water partition coefficient (Wildman–Crippen LogP) is 4.44. The molecule has 6 nitrogen and oxygen atoms in total. The van der Waals surface area contributed by atoms with E-state index in [0.717, 1.165) is 41.5 Å². The first-order valence-electron chi connectivity index (χ1n) is 12.2. The Morgan fingerprint density at radius 2 is 1.76 bits per heavy atom. The van der Waals surface area contributed by atoms with Crippen LogP contribution in [0.5, 0.6) is 0 Å². The predicted molar refractivity (Wildman–Crippen MR) is 147 cm³/mol. The third kappa shape index (κ3) is 7.05. The van der Waals surface area contributed by atoms with Gasteiger partial charge in [-0.25, -0.2) is 8.78 Å².